The van der Waals surface area contributed by atoms with Crippen molar-refractivity contribution in [1.29, 1.82) is 0 Å². The van der Waals surface area contributed by atoms with E-state index in [1.54, 1.807) is 30.5 Å². The molecule has 3 fully saturated rings. The third-order valence-electron chi connectivity index (χ3n) is 12.9. The first-order chi connectivity index (χ1) is 38.0. The Hall–Kier alpha value is -6.35. The third kappa shape index (κ3) is 18.6. The smallest absolute Gasteiger partial charge is 0.442 e. The maximum Gasteiger partial charge on any atom is 0.442 e. The molecule has 5 N–H and O–H groups in total. The number of likely N-dealkylation sites (N-methyl/N-ethyl adjacent to an activating group) is 1. The van der Waals surface area contributed by atoms with Crippen molar-refractivity contribution in [2.45, 2.75) is 106 Å². The lowest BCUT2D eigenvalue weighted by Crippen LogP contribution is -2.50. The van der Waals surface area contributed by atoms with Crippen molar-refractivity contribution in [3.8, 4) is 5.75 Å². The van der Waals surface area contributed by atoms with Crippen LogP contribution in [0.1, 0.15) is 80.3 Å². The molecule has 0 saturated carbocycles. The summed E-state index contributed by atoms with van der Waals surface area (Å²) >= 11 is 2.60. The van der Waals surface area contributed by atoms with Gasteiger partial charge in [0.2, 0.25) is 17.7 Å². The van der Waals surface area contributed by atoms with Crippen LogP contribution in [0, 0.1) is 0 Å². The van der Waals surface area contributed by atoms with Crippen molar-refractivity contribution in [2.24, 2.45) is 10.2 Å². The summed E-state index contributed by atoms with van der Waals surface area (Å²) in [7, 11) is 1.90. The molecule has 4 aliphatic rings. The molecular weight excluding hydrogens is 1070 g/mol. The predicted molar refractivity (Wildman–Crippen MR) is 290 cm³/mol. The first-order valence-electron chi connectivity index (χ1n) is 26.3. The number of urea groups is 1. The lowest BCUT2D eigenvalue weighted by molar-refractivity contribution is -0.166. The van der Waals surface area contributed by atoms with Crippen LogP contribution in [-0.2, 0) is 45.5 Å². The largest absolute Gasteiger partial charge is 0.492 e. The van der Waals surface area contributed by atoms with Gasteiger partial charge in [-0.25, -0.2) is 14.7 Å². The highest BCUT2D eigenvalue weighted by molar-refractivity contribution is 8.15. The van der Waals surface area contributed by atoms with Gasteiger partial charge in [-0.1, -0.05) is 48.5 Å². The van der Waals surface area contributed by atoms with Crippen LogP contribution in [0.5, 0.6) is 5.75 Å². The molecule has 4 aliphatic heterocycles. The molecule has 1 unspecified atom stereocenters. The van der Waals surface area contributed by atoms with E-state index in [1.807, 2.05) is 55.8 Å². The van der Waals surface area contributed by atoms with E-state index >= 15 is 0 Å². The van der Waals surface area contributed by atoms with Gasteiger partial charge in [0.05, 0.1) is 43.5 Å². The zero-order valence-corrected chi connectivity index (χ0v) is 46.1. The number of hydrogen-bond donors (Lipinski definition) is 5. The van der Waals surface area contributed by atoms with Gasteiger partial charge in [-0.3, -0.25) is 28.8 Å². The molecule has 7 rings (SSSR count). The van der Waals surface area contributed by atoms with Crippen LogP contribution < -0.4 is 36.2 Å². The molecule has 5 atom stereocenters. The molecule has 0 bridgehead atoms. The van der Waals surface area contributed by atoms with Crippen molar-refractivity contribution >= 4 is 70.1 Å². The number of anilines is 1. The van der Waals surface area contributed by atoms with E-state index in [1.165, 1.54) is 0 Å². The molecular formula is C53H69F3N10O11S2. The van der Waals surface area contributed by atoms with Crippen LogP contribution in [0.25, 0.3) is 0 Å². The zero-order chi connectivity index (χ0) is 56.8. The number of thioether (sulfide) groups is 2. The average molecular weight is 1140 g/mol. The molecule has 26 heteroatoms. The van der Waals surface area contributed by atoms with Gasteiger partial charge in [0.1, 0.15) is 24.2 Å². The van der Waals surface area contributed by atoms with Crippen molar-refractivity contribution in [1.82, 2.24) is 36.5 Å². The Balaban J connectivity index is 0.000000381. The number of ether oxygens (including phenoxy) is 4. The Morgan fingerprint density at radius 3 is 2.23 bits per heavy atom. The van der Waals surface area contributed by atoms with E-state index in [-0.39, 0.29) is 54.7 Å². The Morgan fingerprint density at radius 1 is 0.848 bits per heavy atom. The number of imide groups is 3. The van der Waals surface area contributed by atoms with Gasteiger partial charge in [-0.15, -0.1) is 10.2 Å². The van der Waals surface area contributed by atoms with Gasteiger partial charge >= 0.3 is 17.9 Å². The standard InChI is InChI=1S/C38H42F3N7O8S.C15H27N3O3S/c1-3-54-21-22-55-19-6-17-43-34(51)29(44-33(50)26-10-12-27(13-11-26)37(45-46-37)38(39,40)41)24-32(49)48-35(52)30(57-36(48)53)23-25-8-14-28(15-9-25)56-20-18-47(2)31-7-4-5-16-42-31;1-2-21-9-5-8-16-13(19)7-4-3-6-12-14-11(10-22-12)17-15(20)18-14/h4-5,7-16,29-30H,3,6,17-24H2,1-2H3,(H,43,51)(H,44,50);11-12,14H,2-10H2,1H3,(H,16,19)(H2,17,18,20)/t29-,30?;11-,12-,14-/m10/s1. The highest BCUT2D eigenvalue weighted by Gasteiger charge is 2.65. The van der Waals surface area contributed by atoms with E-state index in [0.717, 1.165) is 68.1 Å². The number of carbonyl (C=O) groups is 7. The normalized spacial score (nSPS) is 19.1. The number of carbonyl (C=O) groups excluding carboxylic acids is 7. The van der Waals surface area contributed by atoms with Gasteiger partial charge in [0.15, 0.2) is 0 Å². The average Bonchev–Trinajstić information content (AvgIpc) is 4.17. The summed E-state index contributed by atoms with van der Waals surface area (Å²) in [5.74, 6) is -0.934. The van der Waals surface area contributed by atoms with Gasteiger partial charge < -0.3 is 50.4 Å². The number of nitrogens with one attached hydrogen (secondary N) is 5. The van der Waals surface area contributed by atoms with Crippen molar-refractivity contribution < 1.29 is 65.7 Å². The maximum absolute atomic E-state index is 13.5. The van der Waals surface area contributed by atoms with E-state index < -0.39 is 58.4 Å². The third-order valence-corrected chi connectivity index (χ3v) is 15.5. The molecule has 3 saturated heterocycles. The lowest BCUT2D eigenvalue weighted by Gasteiger charge is -2.20. The van der Waals surface area contributed by atoms with Crippen molar-refractivity contribution in [2.75, 3.05) is 83.6 Å². The van der Waals surface area contributed by atoms with Gasteiger partial charge in [-0.2, -0.15) is 24.9 Å². The molecule has 2 aromatic carbocycles. The van der Waals surface area contributed by atoms with Crippen molar-refractivity contribution in [3.63, 3.8) is 0 Å². The van der Waals surface area contributed by atoms with Crippen LogP contribution in [-0.4, -0.2) is 164 Å². The number of unbranched alkanes of at least 4 members (excludes halogenated alkanes) is 1. The Bertz CT molecular complexity index is 2530. The number of nitrogens with zero attached hydrogens (tertiary/aromatic N) is 5. The fourth-order valence-electron chi connectivity index (χ4n) is 8.54. The van der Waals surface area contributed by atoms with Gasteiger partial charge in [0.25, 0.3) is 17.1 Å². The second-order valence-corrected chi connectivity index (χ2v) is 21.1. The quantitative estimate of drug-likeness (QED) is 0.0370. The number of pyridine rings is 1. The molecule has 5 heterocycles. The number of hydrogen-bond acceptors (Lipinski definition) is 17. The lowest BCUT2D eigenvalue weighted by atomic mass is 10.0. The number of alkyl halides is 3. The number of benzene rings is 2. The fourth-order valence-corrected chi connectivity index (χ4v) is 11.1. The van der Waals surface area contributed by atoms with Crippen LogP contribution in [0.3, 0.4) is 0 Å². The van der Waals surface area contributed by atoms with E-state index in [4.69, 9.17) is 18.9 Å². The highest BCUT2D eigenvalue weighted by atomic mass is 32.2. The molecule has 0 spiro atoms. The molecule has 1 aromatic heterocycles. The second kappa shape index (κ2) is 30.9. The number of amides is 8. The van der Waals surface area contributed by atoms with Gasteiger partial charge in [-0.05, 0) is 87.9 Å². The predicted octanol–water partition coefficient (Wildman–Crippen LogP) is 5.91. The van der Waals surface area contributed by atoms with E-state index in [0.29, 0.717) is 92.2 Å². The molecule has 430 valence electrons. The van der Waals surface area contributed by atoms with Crippen LogP contribution in [0.2, 0.25) is 0 Å². The zero-order valence-electron chi connectivity index (χ0n) is 44.4. The van der Waals surface area contributed by atoms with Crippen LogP contribution >= 0.6 is 23.5 Å². The summed E-state index contributed by atoms with van der Waals surface area (Å²) in [6, 6.07) is 15.9. The highest BCUT2D eigenvalue weighted by Crippen LogP contribution is 2.52. The van der Waals surface area contributed by atoms with Gasteiger partial charge in [0, 0.05) is 81.3 Å². The Kier molecular flexibility index (Phi) is 24.2. The number of fused-ring (bicyclic) bond motifs is 1. The first kappa shape index (κ1) is 61.9. The molecule has 21 nitrogen and oxygen atoms in total. The number of rotatable bonds is 31. The van der Waals surface area contributed by atoms with E-state index in [2.05, 4.69) is 41.8 Å². The fraction of sp³-hybridized carbons (Fsp3) is 0.547. The van der Waals surface area contributed by atoms with E-state index in [9.17, 15) is 46.7 Å². The monoisotopic (exact) mass is 1140 g/mol. The summed E-state index contributed by atoms with van der Waals surface area (Å²) in [5.41, 5.74) is -2.40. The molecule has 3 aromatic rings. The molecule has 0 aliphatic carbocycles. The summed E-state index contributed by atoms with van der Waals surface area (Å²) in [4.78, 5) is 96.1. The summed E-state index contributed by atoms with van der Waals surface area (Å²) < 4.78 is 62.1. The number of halogens is 3. The summed E-state index contributed by atoms with van der Waals surface area (Å²) in [6.45, 7) is 8.60. The minimum atomic E-state index is -4.77. The molecule has 79 heavy (non-hydrogen) atoms. The number of aromatic nitrogens is 1. The van der Waals surface area contributed by atoms with Crippen LogP contribution in [0.15, 0.2) is 83.2 Å². The summed E-state index contributed by atoms with van der Waals surface area (Å²) in [5, 5.41) is 18.9. The summed E-state index contributed by atoms with van der Waals surface area (Å²) in [6.07, 6.45) is 1.14. The topological polar surface area (TPSA) is 261 Å². The van der Waals surface area contributed by atoms with Crippen molar-refractivity contribution in [3.05, 3.63) is 89.6 Å². The maximum atomic E-state index is 13.5. The van der Waals surface area contributed by atoms with Crippen LogP contribution in [0.4, 0.5) is 28.6 Å². The Labute approximate surface area is 465 Å². The minimum absolute atomic E-state index is 0.0354. The second-order valence-electron chi connectivity index (χ2n) is 18.6. The SMILES string of the molecule is CCOCCCNC(=O)CCCC[C@@H]1SC[C@@H]2NC(=O)N[C@@H]21.CCOCCOCCCNC(=O)[C@@H](CC(=O)N1C(=O)SC(Cc2ccc(OCCN(C)c3ccccn3)cc2)C1=O)NC(=O)c1ccc(C2(C(F)(F)F)N=N2)cc1. The molecule has 8 amide bonds. The molecule has 0 radical (unpaired) electrons. The Morgan fingerprint density at radius 2 is 1.54 bits per heavy atom. The first-order valence-corrected chi connectivity index (χ1v) is 28.3. The minimum Gasteiger partial charge on any atom is -0.492 e.